The van der Waals surface area contributed by atoms with E-state index in [0.717, 1.165) is 11.1 Å². The highest BCUT2D eigenvalue weighted by Gasteiger charge is 2.07. The molecule has 0 bridgehead atoms. The largest absolute Gasteiger partial charge is 0.465 e. The van der Waals surface area contributed by atoms with E-state index in [2.05, 4.69) is 41.3 Å². The molecule has 0 spiro atoms. The van der Waals surface area contributed by atoms with Crippen LogP contribution in [-0.2, 0) is 19.1 Å². The summed E-state index contributed by atoms with van der Waals surface area (Å²) < 4.78 is 9.81. The fourth-order valence-corrected chi connectivity index (χ4v) is 2.20. The first-order valence-electron chi connectivity index (χ1n) is 5.49. The molecule has 0 aromatic heterocycles. The number of hydrogen-bond donors (Lipinski definition) is 0. The zero-order chi connectivity index (χ0) is 15.1. The molecule has 0 saturated heterocycles. The molecule has 4 nitrogen and oxygen atoms in total. The van der Waals surface area contributed by atoms with Crippen molar-refractivity contribution in [3.8, 4) is 0 Å². The summed E-state index contributed by atoms with van der Waals surface area (Å²) in [6, 6.07) is 7.28. The SMILES string of the molecule is COC(=O)/C(Br)=C/c1cccc(/C=C(\Br)C(=O)OC)c1. The summed E-state index contributed by atoms with van der Waals surface area (Å²) in [5.74, 6) is -0.914. The number of halogens is 2. The first-order valence-corrected chi connectivity index (χ1v) is 7.07. The number of esters is 2. The van der Waals surface area contributed by atoms with Crippen LogP contribution in [0.15, 0.2) is 33.2 Å². The standard InChI is InChI=1S/C14H12Br2O4/c1-19-13(17)11(15)7-9-4-3-5-10(6-9)8-12(16)14(18)20-2/h3-8H,1-2H3/b11-7-,12-8-. The van der Waals surface area contributed by atoms with Crippen LogP contribution in [0.5, 0.6) is 0 Å². The summed E-state index contributed by atoms with van der Waals surface area (Å²) in [6.45, 7) is 0. The molecule has 0 saturated carbocycles. The lowest BCUT2D eigenvalue weighted by molar-refractivity contribution is -0.135. The van der Waals surface area contributed by atoms with Crippen molar-refractivity contribution in [2.45, 2.75) is 0 Å². The minimum absolute atomic E-state index is 0.313. The Morgan fingerprint density at radius 2 is 1.35 bits per heavy atom. The maximum Gasteiger partial charge on any atom is 0.344 e. The zero-order valence-corrected chi connectivity index (χ0v) is 14.0. The van der Waals surface area contributed by atoms with Crippen LogP contribution in [0.3, 0.4) is 0 Å². The average molecular weight is 404 g/mol. The molecule has 0 aliphatic carbocycles. The molecule has 1 aromatic carbocycles. The van der Waals surface area contributed by atoms with E-state index in [1.54, 1.807) is 12.2 Å². The third-order valence-corrected chi connectivity index (χ3v) is 3.36. The summed E-state index contributed by atoms with van der Waals surface area (Å²) in [5.41, 5.74) is 1.59. The van der Waals surface area contributed by atoms with E-state index in [9.17, 15) is 9.59 Å². The molecule has 0 amide bonds. The van der Waals surface area contributed by atoms with Crippen LogP contribution in [-0.4, -0.2) is 26.2 Å². The molecule has 6 heteroatoms. The van der Waals surface area contributed by atoms with Crippen LogP contribution >= 0.6 is 31.9 Å². The van der Waals surface area contributed by atoms with Gasteiger partial charge in [0.05, 0.1) is 14.2 Å². The number of ether oxygens (including phenoxy) is 2. The van der Waals surface area contributed by atoms with Crippen LogP contribution in [0.2, 0.25) is 0 Å². The highest BCUT2D eigenvalue weighted by molar-refractivity contribution is 9.12. The minimum atomic E-state index is -0.457. The molecular weight excluding hydrogens is 392 g/mol. The normalized spacial score (nSPS) is 12.0. The summed E-state index contributed by atoms with van der Waals surface area (Å²) in [4.78, 5) is 22.6. The second-order valence-corrected chi connectivity index (χ2v) is 5.35. The molecule has 106 valence electrons. The number of carbonyl (C=O) groups excluding carboxylic acids is 2. The van der Waals surface area contributed by atoms with Crippen molar-refractivity contribution in [2.24, 2.45) is 0 Å². The van der Waals surface area contributed by atoms with Crippen molar-refractivity contribution in [2.75, 3.05) is 14.2 Å². The Morgan fingerprint density at radius 3 is 1.70 bits per heavy atom. The van der Waals surface area contributed by atoms with Crippen molar-refractivity contribution in [1.82, 2.24) is 0 Å². The number of benzene rings is 1. The van der Waals surface area contributed by atoms with Crippen LogP contribution in [0, 0.1) is 0 Å². The third-order valence-electron chi connectivity index (χ3n) is 2.26. The molecule has 1 rings (SSSR count). The number of carbonyl (C=O) groups is 2. The van der Waals surface area contributed by atoms with E-state index in [1.807, 2.05) is 24.3 Å². The van der Waals surface area contributed by atoms with Gasteiger partial charge in [-0.15, -0.1) is 0 Å². The molecule has 0 aliphatic rings. The van der Waals surface area contributed by atoms with Gasteiger partial charge in [-0.3, -0.25) is 0 Å². The maximum atomic E-state index is 11.3. The predicted octanol–water partition coefficient (Wildman–Crippen LogP) is 3.50. The van der Waals surface area contributed by atoms with Gasteiger partial charge in [-0.1, -0.05) is 18.2 Å². The number of methoxy groups -OCH3 is 2. The van der Waals surface area contributed by atoms with Crippen LogP contribution in [0.25, 0.3) is 12.2 Å². The Hall–Kier alpha value is -1.40. The van der Waals surface area contributed by atoms with Gasteiger partial charge in [0.1, 0.15) is 8.96 Å². The second kappa shape index (κ2) is 8.01. The van der Waals surface area contributed by atoms with Gasteiger partial charge in [-0.25, -0.2) is 9.59 Å². The molecule has 0 unspecified atom stereocenters. The van der Waals surface area contributed by atoms with E-state index < -0.39 is 11.9 Å². The molecule has 0 fully saturated rings. The van der Waals surface area contributed by atoms with Crippen molar-refractivity contribution >= 4 is 56.0 Å². The monoisotopic (exact) mass is 402 g/mol. The van der Waals surface area contributed by atoms with Gasteiger partial charge >= 0.3 is 11.9 Å². The van der Waals surface area contributed by atoms with Gasteiger partial charge in [0.15, 0.2) is 0 Å². The lowest BCUT2D eigenvalue weighted by atomic mass is 10.1. The Balaban J connectivity index is 3.03. The van der Waals surface area contributed by atoms with Gasteiger partial charge in [-0.05, 0) is 61.2 Å². The number of rotatable bonds is 4. The van der Waals surface area contributed by atoms with Crippen LogP contribution < -0.4 is 0 Å². The van der Waals surface area contributed by atoms with E-state index in [-0.39, 0.29) is 0 Å². The van der Waals surface area contributed by atoms with Crippen LogP contribution in [0.4, 0.5) is 0 Å². The molecular formula is C14H12Br2O4. The third kappa shape index (κ3) is 4.94. The molecule has 0 radical (unpaired) electrons. The van der Waals surface area contributed by atoms with Crippen molar-refractivity contribution in [3.63, 3.8) is 0 Å². The molecule has 0 atom stereocenters. The van der Waals surface area contributed by atoms with Crippen molar-refractivity contribution in [3.05, 3.63) is 44.4 Å². The molecule has 0 aliphatic heterocycles. The Morgan fingerprint density at radius 1 is 0.950 bits per heavy atom. The molecule has 0 N–H and O–H groups in total. The van der Waals surface area contributed by atoms with E-state index >= 15 is 0 Å². The Kier molecular flexibility index (Phi) is 6.67. The highest BCUT2D eigenvalue weighted by atomic mass is 79.9. The highest BCUT2D eigenvalue weighted by Crippen LogP contribution is 2.18. The quantitative estimate of drug-likeness (QED) is 0.570. The fraction of sp³-hybridized carbons (Fsp3) is 0.143. The van der Waals surface area contributed by atoms with Gasteiger partial charge in [0.25, 0.3) is 0 Å². The van der Waals surface area contributed by atoms with Crippen LogP contribution in [0.1, 0.15) is 11.1 Å². The lowest BCUT2D eigenvalue weighted by Gasteiger charge is -2.01. The average Bonchev–Trinajstić information content (AvgIpc) is 2.45. The molecule has 1 aromatic rings. The number of hydrogen-bond acceptors (Lipinski definition) is 4. The maximum absolute atomic E-state index is 11.3. The van der Waals surface area contributed by atoms with E-state index in [4.69, 9.17) is 0 Å². The lowest BCUT2D eigenvalue weighted by Crippen LogP contribution is -1.99. The van der Waals surface area contributed by atoms with Gasteiger partial charge in [-0.2, -0.15) is 0 Å². The fourth-order valence-electron chi connectivity index (χ4n) is 1.34. The van der Waals surface area contributed by atoms with E-state index in [1.165, 1.54) is 14.2 Å². The van der Waals surface area contributed by atoms with Gasteiger partial charge in [0.2, 0.25) is 0 Å². The topological polar surface area (TPSA) is 52.6 Å². The molecule has 0 heterocycles. The smallest absolute Gasteiger partial charge is 0.344 e. The minimum Gasteiger partial charge on any atom is -0.465 e. The first-order chi connectivity index (χ1) is 9.47. The van der Waals surface area contributed by atoms with Gasteiger partial charge in [0, 0.05) is 0 Å². The predicted molar refractivity (Wildman–Crippen MR) is 84.3 cm³/mol. The summed E-state index contributed by atoms with van der Waals surface area (Å²) >= 11 is 6.28. The van der Waals surface area contributed by atoms with Crippen molar-refractivity contribution in [1.29, 1.82) is 0 Å². The second-order valence-electron chi connectivity index (χ2n) is 3.64. The van der Waals surface area contributed by atoms with Crippen molar-refractivity contribution < 1.29 is 19.1 Å². The Labute approximate surface area is 133 Å². The Bertz CT molecular complexity index is 529. The summed E-state index contributed by atoms with van der Waals surface area (Å²) in [6.07, 6.45) is 3.27. The summed E-state index contributed by atoms with van der Waals surface area (Å²) in [7, 11) is 2.62. The zero-order valence-electron chi connectivity index (χ0n) is 10.9. The van der Waals surface area contributed by atoms with E-state index in [0.29, 0.717) is 8.96 Å². The molecule has 20 heavy (non-hydrogen) atoms. The summed E-state index contributed by atoms with van der Waals surface area (Å²) in [5, 5.41) is 0. The van der Waals surface area contributed by atoms with Gasteiger partial charge < -0.3 is 9.47 Å². The first kappa shape index (κ1) is 16.7.